The average molecular weight is 281 g/mol. The Bertz CT molecular complexity index is 453. The second-order valence-electron chi connectivity index (χ2n) is 5.74. The van der Waals surface area contributed by atoms with E-state index in [0.717, 1.165) is 43.0 Å². The zero-order chi connectivity index (χ0) is 14.8. The fourth-order valence-corrected chi connectivity index (χ4v) is 3.15. The molecule has 0 aromatic heterocycles. The Kier molecular flexibility index (Phi) is 4.45. The highest BCUT2D eigenvalue weighted by molar-refractivity contribution is 5.40. The Hall–Kier alpha value is -1.40. The van der Waals surface area contributed by atoms with Gasteiger partial charge in [-0.05, 0) is 24.1 Å². The van der Waals surface area contributed by atoms with Gasteiger partial charge in [-0.2, -0.15) is 0 Å². The predicted molar refractivity (Wildman–Crippen MR) is 77.1 cm³/mol. The summed E-state index contributed by atoms with van der Waals surface area (Å²) in [4.78, 5) is 13.5. The number of hydrogen-bond donors (Lipinski definition) is 1. The normalized spacial score (nSPS) is 27.6. The summed E-state index contributed by atoms with van der Waals surface area (Å²) in [6.07, 6.45) is 2.22. The van der Waals surface area contributed by atoms with Crippen LogP contribution in [0.3, 0.4) is 0 Å². The molecule has 0 aromatic rings. The second-order valence-corrected chi connectivity index (χ2v) is 5.74. The molecule has 0 bridgehead atoms. The number of nitrogens with zero attached hydrogens (tertiary/aromatic N) is 2. The van der Waals surface area contributed by atoms with Crippen molar-refractivity contribution in [2.24, 2.45) is 0 Å². The minimum absolute atomic E-state index is 0.194. The SMILES string of the molecule is COCC1=C(N2CCNCC2)C(C)=CC(C)([N+](=O)[O-])C1. The van der Waals surface area contributed by atoms with E-state index in [0.29, 0.717) is 13.0 Å². The molecule has 1 fully saturated rings. The van der Waals surface area contributed by atoms with Crippen LogP contribution in [0.4, 0.5) is 0 Å². The first-order chi connectivity index (χ1) is 9.48. The van der Waals surface area contributed by atoms with Gasteiger partial charge in [0.2, 0.25) is 5.54 Å². The van der Waals surface area contributed by atoms with Gasteiger partial charge in [0.25, 0.3) is 0 Å². The second kappa shape index (κ2) is 5.93. The first-order valence-electron chi connectivity index (χ1n) is 6.99. The van der Waals surface area contributed by atoms with E-state index in [1.165, 1.54) is 0 Å². The lowest BCUT2D eigenvalue weighted by Crippen LogP contribution is -2.45. The van der Waals surface area contributed by atoms with E-state index >= 15 is 0 Å². The maximum atomic E-state index is 11.3. The lowest BCUT2D eigenvalue weighted by Gasteiger charge is -2.37. The summed E-state index contributed by atoms with van der Waals surface area (Å²) in [6.45, 7) is 7.86. The third-order valence-corrected chi connectivity index (χ3v) is 3.98. The lowest BCUT2D eigenvalue weighted by molar-refractivity contribution is -0.550. The standard InChI is InChI=1S/C14H23N3O3/c1-11-8-14(2,17(18)19)9-12(10-20-3)13(11)16-6-4-15-5-7-16/h8,15H,4-7,9-10H2,1-3H3. The van der Waals surface area contributed by atoms with Gasteiger partial charge in [0, 0.05) is 57.3 Å². The van der Waals surface area contributed by atoms with Crippen LogP contribution >= 0.6 is 0 Å². The molecule has 112 valence electrons. The van der Waals surface area contributed by atoms with Gasteiger partial charge < -0.3 is 15.0 Å². The number of nitro groups is 1. The molecule has 1 aliphatic heterocycles. The molecule has 1 aliphatic carbocycles. The third kappa shape index (κ3) is 2.86. The number of methoxy groups -OCH3 is 1. The van der Waals surface area contributed by atoms with E-state index in [9.17, 15) is 10.1 Å². The van der Waals surface area contributed by atoms with Crippen LogP contribution in [0.1, 0.15) is 20.3 Å². The van der Waals surface area contributed by atoms with Crippen LogP contribution in [-0.2, 0) is 4.74 Å². The molecule has 6 heteroatoms. The van der Waals surface area contributed by atoms with Gasteiger partial charge in [-0.1, -0.05) is 0 Å². The Morgan fingerprint density at radius 3 is 2.70 bits per heavy atom. The zero-order valence-corrected chi connectivity index (χ0v) is 12.4. The Morgan fingerprint density at radius 2 is 2.15 bits per heavy atom. The molecule has 2 rings (SSSR count). The molecule has 1 atom stereocenters. The third-order valence-electron chi connectivity index (χ3n) is 3.98. The molecule has 0 amide bonds. The van der Waals surface area contributed by atoms with Crippen molar-refractivity contribution in [3.63, 3.8) is 0 Å². The van der Waals surface area contributed by atoms with Crippen LogP contribution in [0.5, 0.6) is 0 Å². The molecule has 6 nitrogen and oxygen atoms in total. The van der Waals surface area contributed by atoms with Crippen molar-refractivity contribution in [2.45, 2.75) is 25.8 Å². The van der Waals surface area contributed by atoms with Crippen molar-refractivity contribution in [2.75, 3.05) is 39.9 Å². The van der Waals surface area contributed by atoms with Crippen molar-refractivity contribution in [1.29, 1.82) is 0 Å². The maximum absolute atomic E-state index is 11.3. The van der Waals surface area contributed by atoms with E-state index in [-0.39, 0.29) is 4.92 Å². The molecule has 1 unspecified atom stereocenters. The monoisotopic (exact) mass is 281 g/mol. The summed E-state index contributed by atoms with van der Waals surface area (Å²) in [6, 6.07) is 0. The number of piperazine rings is 1. The van der Waals surface area contributed by atoms with Crippen molar-refractivity contribution in [3.8, 4) is 0 Å². The fraction of sp³-hybridized carbons (Fsp3) is 0.714. The topological polar surface area (TPSA) is 67.6 Å². The molecule has 1 heterocycles. The summed E-state index contributed by atoms with van der Waals surface area (Å²) < 4.78 is 5.27. The van der Waals surface area contributed by atoms with Crippen LogP contribution in [0, 0.1) is 10.1 Å². The van der Waals surface area contributed by atoms with E-state index < -0.39 is 5.54 Å². The number of hydrogen-bond acceptors (Lipinski definition) is 5. The highest BCUT2D eigenvalue weighted by Crippen LogP contribution is 2.35. The summed E-state index contributed by atoms with van der Waals surface area (Å²) in [5.41, 5.74) is 2.15. The van der Waals surface area contributed by atoms with E-state index in [1.807, 2.05) is 6.92 Å². The lowest BCUT2D eigenvalue weighted by atomic mass is 9.83. The van der Waals surface area contributed by atoms with Gasteiger partial charge in [0.15, 0.2) is 0 Å². The van der Waals surface area contributed by atoms with Gasteiger partial charge in [-0.25, -0.2) is 0 Å². The Labute approximate surface area is 119 Å². The smallest absolute Gasteiger partial charge is 0.242 e. The van der Waals surface area contributed by atoms with Crippen molar-refractivity contribution >= 4 is 0 Å². The van der Waals surface area contributed by atoms with Gasteiger partial charge in [-0.3, -0.25) is 10.1 Å². The molecule has 20 heavy (non-hydrogen) atoms. The number of nitrogens with one attached hydrogen (secondary N) is 1. The zero-order valence-electron chi connectivity index (χ0n) is 12.4. The molecule has 0 aromatic carbocycles. The van der Waals surface area contributed by atoms with Crippen LogP contribution in [0.15, 0.2) is 22.9 Å². The summed E-state index contributed by atoms with van der Waals surface area (Å²) >= 11 is 0. The molecule has 0 radical (unpaired) electrons. The fourth-order valence-electron chi connectivity index (χ4n) is 3.15. The Morgan fingerprint density at radius 1 is 1.50 bits per heavy atom. The summed E-state index contributed by atoms with van der Waals surface area (Å²) in [5.74, 6) is 0. The molecular formula is C14H23N3O3. The number of rotatable bonds is 4. The molecular weight excluding hydrogens is 258 g/mol. The highest BCUT2D eigenvalue weighted by Gasteiger charge is 2.40. The van der Waals surface area contributed by atoms with Crippen molar-refractivity contribution in [3.05, 3.63) is 33.0 Å². The molecule has 2 aliphatic rings. The van der Waals surface area contributed by atoms with Crippen LogP contribution in [0.2, 0.25) is 0 Å². The van der Waals surface area contributed by atoms with E-state index in [4.69, 9.17) is 4.74 Å². The minimum atomic E-state index is -1.02. The van der Waals surface area contributed by atoms with Crippen LogP contribution in [-0.4, -0.2) is 55.3 Å². The van der Waals surface area contributed by atoms with E-state index in [1.54, 1.807) is 20.1 Å². The van der Waals surface area contributed by atoms with Crippen LogP contribution in [0.25, 0.3) is 0 Å². The van der Waals surface area contributed by atoms with Gasteiger partial charge in [0.05, 0.1) is 6.61 Å². The Balaban J connectivity index is 2.35. The maximum Gasteiger partial charge on any atom is 0.242 e. The first-order valence-corrected chi connectivity index (χ1v) is 6.99. The average Bonchev–Trinajstić information content (AvgIpc) is 2.39. The summed E-state index contributed by atoms with van der Waals surface area (Å²) in [7, 11) is 1.64. The van der Waals surface area contributed by atoms with Gasteiger partial charge >= 0.3 is 0 Å². The van der Waals surface area contributed by atoms with Crippen molar-refractivity contribution in [1.82, 2.24) is 10.2 Å². The highest BCUT2D eigenvalue weighted by atomic mass is 16.6. The number of ether oxygens (including phenoxy) is 1. The molecule has 1 N–H and O–H groups in total. The van der Waals surface area contributed by atoms with Gasteiger partial charge in [-0.15, -0.1) is 0 Å². The number of allylic oxidation sites excluding steroid dienone is 1. The predicted octanol–water partition coefficient (Wildman–Crippen LogP) is 1.18. The molecule has 0 spiro atoms. The molecule has 0 saturated carbocycles. The minimum Gasteiger partial charge on any atom is -0.380 e. The van der Waals surface area contributed by atoms with Crippen molar-refractivity contribution < 1.29 is 9.66 Å². The molecule has 1 saturated heterocycles. The first kappa shape index (κ1) is 15.0. The van der Waals surface area contributed by atoms with E-state index in [2.05, 4.69) is 10.2 Å². The van der Waals surface area contributed by atoms with Crippen LogP contribution < -0.4 is 5.32 Å². The quantitative estimate of drug-likeness (QED) is 0.619. The largest absolute Gasteiger partial charge is 0.380 e. The summed E-state index contributed by atoms with van der Waals surface area (Å²) in [5, 5.41) is 14.7. The van der Waals surface area contributed by atoms with Gasteiger partial charge in [0.1, 0.15) is 0 Å².